The summed E-state index contributed by atoms with van der Waals surface area (Å²) in [5, 5.41) is 6.50. The maximum Gasteiger partial charge on any atom is 0.252 e. The molecule has 0 amide bonds. The summed E-state index contributed by atoms with van der Waals surface area (Å²) in [6, 6.07) is 89.0. The molecule has 5 nitrogen and oxygen atoms in total. The lowest BCUT2D eigenvalue weighted by molar-refractivity contribution is 0.590. The van der Waals surface area contributed by atoms with Gasteiger partial charge >= 0.3 is 0 Å². The lowest BCUT2D eigenvalue weighted by atomic mass is 9.33. The highest BCUT2D eigenvalue weighted by Gasteiger charge is 2.46. The van der Waals surface area contributed by atoms with Crippen molar-refractivity contribution < 1.29 is 11.3 Å². The van der Waals surface area contributed by atoms with Gasteiger partial charge in [-0.15, -0.1) is 0 Å². The molecule has 13 aromatic carbocycles. The number of anilines is 6. The van der Waals surface area contributed by atoms with Crippen LogP contribution in [0.5, 0.6) is 0 Å². The molecule has 3 aromatic heterocycles. The first kappa shape index (κ1) is 52.3. The lowest BCUT2D eigenvalue weighted by Crippen LogP contribution is -2.61. The van der Waals surface area contributed by atoms with Crippen LogP contribution in [0.1, 0.15) is 85.9 Å². The highest BCUT2D eigenvalue weighted by molar-refractivity contribution is 7.00. The second-order valence-corrected chi connectivity index (χ2v) is 29.3. The standard InChI is InChI=1S/C90H73BN4O/c1-88(2,3)60-39-46-74-69(51-60)70-52-61(89(4,5)6)40-47-75(70)93(74)64-41-45-72-78(55-64)95(86-65(57-28-16-11-17-29-57)42-48-76-83(86)67-34-22-24-36-73(67)92(76)63-32-20-13-21-33-63)80-54-62(90(7,8)9)53-79-85(80)91(72)71-44-38-59(56-26-14-10-15-27-56)50-77(71)94(79)87-66(58-30-18-12-19-31-58)43-49-82-84(87)68-35-23-25-37-81(68)96-82/h10-55H,1-9H3/i10D,14D,15D,26D,27D. The van der Waals surface area contributed by atoms with Gasteiger partial charge in [0.25, 0.3) is 6.71 Å². The molecule has 0 spiro atoms. The molecule has 462 valence electrons. The van der Waals surface area contributed by atoms with Crippen LogP contribution in [0.2, 0.25) is 0 Å². The zero-order valence-electron chi connectivity index (χ0n) is 60.4. The summed E-state index contributed by atoms with van der Waals surface area (Å²) >= 11 is 0. The van der Waals surface area contributed by atoms with Crippen molar-refractivity contribution in [2.75, 3.05) is 9.80 Å². The van der Waals surface area contributed by atoms with Gasteiger partial charge in [0.05, 0.1) is 45.7 Å². The zero-order valence-corrected chi connectivity index (χ0v) is 55.4. The van der Waals surface area contributed by atoms with Crippen molar-refractivity contribution in [2.45, 2.75) is 78.6 Å². The van der Waals surface area contributed by atoms with Gasteiger partial charge in [0.15, 0.2) is 0 Å². The average Bonchev–Trinajstić information content (AvgIpc) is 1.67. The lowest BCUT2D eigenvalue weighted by Gasteiger charge is -2.46. The maximum atomic E-state index is 9.56. The van der Waals surface area contributed by atoms with Crippen LogP contribution in [0, 0.1) is 0 Å². The topological polar surface area (TPSA) is 29.5 Å². The molecule has 0 atom stereocenters. The molecule has 96 heavy (non-hydrogen) atoms. The second-order valence-electron chi connectivity index (χ2n) is 29.3. The summed E-state index contributed by atoms with van der Waals surface area (Å²) in [5.74, 6) is 0. The van der Waals surface area contributed by atoms with E-state index in [2.05, 4.69) is 312 Å². The molecule has 0 aliphatic carbocycles. The van der Waals surface area contributed by atoms with Crippen LogP contribution in [0.4, 0.5) is 34.1 Å². The number of hydrogen-bond acceptors (Lipinski definition) is 3. The minimum Gasteiger partial charge on any atom is -0.456 e. The maximum absolute atomic E-state index is 9.56. The van der Waals surface area contributed by atoms with Gasteiger partial charge in [0, 0.05) is 72.2 Å². The Bertz CT molecular complexity index is 6070. The molecule has 16 aromatic rings. The first-order valence-corrected chi connectivity index (χ1v) is 33.5. The van der Waals surface area contributed by atoms with E-state index in [4.69, 9.17) is 8.53 Å². The molecule has 0 bridgehead atoms. The van der Waals surface area contributed by atoms with Gasteiger partial charge in [-0.1, -0.05) is 244 Å². The van der Waals surface area contributed by atoms with Crippen LogP contribution >= 0.6 is 0 Å². The van der Waals surface area contributed by atoms with Gasteiger partial charge in [0.2, 0.25) is 0 Å². The fraction of sp³-hybridized carbons (Fsp3) is 0.133. The van der Waals surface area contributed by atoms with Crippen molar-refractivity contribution in [3.8, 4) is 44.8 Å². The highest BCUT2D eigenvalue weighted by atomic mass is 16.3. The predicted molar refractivity (Wildman–Crippen MR) is 409 cm³/mol. The van der Waals surface area contributed by atoms with E-state index in [0.29, 0.717) is 5.56 Å². The van der Waals surface area contributed by atoms with Crippen molar-refractivity contribution in [3.63, 3.8) is 0 Å². The number of para-hydroxylation sites is 3. The Kier molecular flexibility index (Phi) is 11.6. The third kappa shape index (κ3) is 8.84. The van der Waals surface area contributed by atoms with Crippen molar-refractivity contribution in [1.82, 2.24) is 9.13 Å². The van der Waals surface area contributed by atoms with Crippen molar-refractivity contribution >= 4 is 123 Å². The van der Waals surface area contributed by atoms with Crippen LogP contribution in [0.3, 0.4) is 0 Å². The Balaban J connectivity index is 1.04. The van der Waals surface area contributed by atoms with E-state index in [1.54, 1.807) is 0 Å². The number of fused-ring (bicyclic) bond motifs is 13. The molecule has 0 N–H and O–H groups in total. The number of hydrogen-bond donors (Lipinski definition) is 0. The summed E-state index contributed by atoms with van der Waals surface area (Å²) < 4.78 is 57.9. The summed E-state index contributed by atoms with van der Waals surface area (Å²) in [5.41, 5.74) is 24.6. The molecular weight excluding hydrogens is 1160 g/mol. The van der Waals surface area contributed by atoms with Crippen LogP contribution in [0.25, 0.3) is 110 Å². The number of nitrogens with zero attached hydrogens (tertiary/aromatic N) is 4. The van der Waals surface area contributed by atoms with Crippen molar-refractivity contribution in [1.29, 1.82) is 0 Å². The van der Waals surface area contributed by atoms with Crippen LogP contribution in [-0.2, 0) is 16.2 Å². The SMILES string of the molecule is [2H]c1c([2H])c([2H])c(-c2ccc3c(c2)N(c2c(-c4ccccc4)ccc4oc5ccccc5c24)c2cc(C(C)(C)C)cc4c2B3c2ccc(-n3c5ccc(C(C)(C)C)cc5c5cc(C(C)(C)C)ccc53)cc2N4c2c(-c3ccccc3)ccc3c2c2ccccc2n3-c2ccccc2)c([2H])c1[2H]. The molecule has 6 heteroatoms. The number of aromatic nitrogens is 2. The molecule has 0 radical (unpaired) electrons. The van der Waals surface area contributed by atoms with Crippen molar-refractivity contribution in [2.24, 2.45) is 0 Å². The monoisotopic (exact) mass is 1240 g/mol. The van der Waals surface area contributed by atoms with Gasteiger partial charge in [-0.25, -0.2) is 0 Å². The number of furan rings is 1. The molecule has 0 unspecified atom stereocenters. The largest absolute Gasteiger partial charge is 0.456 e. The van der Waals surface area contributed by atoms with E-state index in [9.17, 15) is 2.74 Å². The fourth-order valence-corrected chi connectivity index (χ4v) is 15.7. The Morgan fingerprint density at radius 3 is 1.45 bits per heavy atom. The van der Waals surface area contributed by atoms with Gasteiger partial charge in [-0.05, 0) is 169 Å². The quantitative estimate of drug-likeness (QED) is 0.149. The highest BCUT2D eigenvalue weighted by Crippen LogP contribution is 2.55. The molecule has 2 aliphatic heterocycles. The van der Waals surface area contributed by atoms with Gasteiger partial charge < -0.3 is 23.4 Å². The number of benzene rings is 13. The van der Waals surface area contributed by atoms with Crippen molar-refractivity contribution in [3.05, 3.63) is 296 Å². The Morgan fingerprint density at radius 2 is 0.833 bits per heavy atom. The molecule has 5 heterocycles. The Labute approximate surface area is 568 Å². The van der Waals surface area contributed by atoms with Gasteiger partial charge in [-0.3, -0.25) is 0 Å². The van der Waals surface area contributed by atoms with E-state index >= 15 is 0 Å². The third-order valence-corrected chi connectivity index (χ3v) is 20.4. The average molecular weight is 1240 g/mol. The first-order valence-electron chi connectivity index (χ1n) is 36.0. The van der Waals surface area contributed by atoms with Gasteiger partial charge in [-0.2, -0.15) is 0 Å². The number of rotatable bonds is 7. The van der Waals surface area contributed by atoms with E-state index < -0.39 is 18.2 Å². The van der Waals surface area contributed by atoms with Gasteiger partial charge in [0.1, 0.15) is 11.2 Å². The first-order chi connectivity index (χ1) is 48.6. The molecule has 2 aliphatic rings. The van der Waals surface area contributed by atoms with E-state index in [0.717, 1.165) is 144 Å². The van der Waals surface area contributed by atoms with E-state index in [1.807, 2.05) is 18.2 Å². The summed E-state index contributed by atoms with van der Waals surface area (Å²) in [7, 11) is 0. The molecule has 0 saturated heterocycles. The summed E-state index contributed by atoms with van der Waals surface area (Å²) in [4.78, 5) is 5.08. The summed E-state index contributed by atoms with van der Waals surface area (Å²) in [6.45, 7) is 20.2. The fourth-order valence-electron chi connectivity index (χ4n) is 15.7. The normalized spacial score (nSPS) is 13.9. The minimum absolute atomic E-state index is 0.0981. The van der Waals surface area contributed by atoms with E-state index in [-0.39, 0.29) is 40.6 Å². The van der Waals surface area contributed by atoms with E-state index in [1.165, 1.54) is 21.9 Å². The van der Waals surface area contributed by atoms with Crippen LogP contribution < -0.4 is 26.2 Å². The molecule has 0 fully saturated rings. The zero-order chi connectivity index (χ0) is 69.4. The third-order valence-electron chi connectivity index (χ3n) is 20.4. The molecule has 18 rings (SSSR count). The minimum atomic E-state index is -0.440. The molecule has 0 saturated carbocycles. The second kappa shape index (κ2) is 21.2. The van der Waals surface area contributed by atoms with Crippen LogP contribution in [0.15, 0.2) is 283 Å². The Morgan fingerprint density at radius 1 is 0.333 bits per heavy atom. The van der Waals surface area contributed by atoms with Crippen LogP contribution in [-0.4, -0.2) is 15.8 Å². The molecular formula is C90H73BN4O. The Hall–Kier alpha value is -11.1. The summed E-state index contributed by atoms with van der Waals surface area (Å²) in [6.07, 6.45) is 0. The predicted octanol–water partition coefficient (Wildman–Crippen LogP) is 22.8. The smallest absolute Gasteiger partial charge is 0.252 e.